The molecule has 1 saturated carbocycles. The van der Waals surface area contributed by atoms with Crippen LogP contribution in [0.4, 0.5) is 10.5 Å². The van der Waals surface area contributed by atoms with E-state index >= 15 is 0 Å². The van der Waals surface area contributed by atoms with Gasteiger partial charge in [-0.15, -0.1) is 11.3 Å². The highest BCUT2D eigenvalue weighted by atomic mass is 32.2. The number of urea groups is 1. The fourth-order valence-corrected chi connectivity index (χ4v) is 3.89. The molecule has 2 atom stereocenters. The normalized spacial score (nSPS) is 16.6. The van der Waals surface area contributed by atoms with Crippen molar-refractivity contribution < 1.29 is 9.00 Å². The standard InChI is InChI=1S/C16H19N3O2S2/c1-10-9-22-15(17-10)14(11-6-7-11)19-16(20)18-12-4-3-5-13(8-12)23(2)21/h3-5,8-9,11,14H,6-7H2,1-2H3,(H2,18,19,20)/t14-,23+/m0/s1. The summed E-state index contributed by atoms with van der Waals surface area (Å²) in [5.74, 6) is 0.473. The molecule has 2 aromatic rings. The number of aryl methyl sites for hydroxylation is 1. The van der Waals surface area contributed by atoms with Crippen LogP contribution >= 0.6 is 11.3 Å². The summed E-state index contributed by atoms with van der Waals surface area (Å²) in [4.78, 5) is 17.5. The molecule has 1 heterocycles. The molecule has 2 N–H and O–H groups in total. The first-order valence-corrected chi connectivity index (χ1v) is 9.90. The second-order valence-corrected chi connectivity index (χ2v) is 7.99. The molecule has 5 nitrogen and oxygen atoms in total. The number of rotatable bonds is 5. The van der Waals surface area contributed by atoms with E-state index < -0.39 is 10.8 Å². The van der Waals surface area contributed by atoms with Crippen LogP contribution in [-0.2, 0) is 10.8 Å². The van der Waals surface area contributed by atoms with Crippen molar-refractivity contribution in [2.45, 2.75) is 30.7 Å². The summed E-state index contributed by atoms with van der Waals surface area (Å²) in [7, 11) is -1.07. The van der Waals surface area contributed by atoms with E-state index in [-0.39, 0.29) is 12.1 Å². The van der Waals surface area contributed by atoms with Gasteiger partial charge in [-0.3, -0.25) is 4.21 Å². The van der Waals surface area contributed by atoms with Crippen LogP contribution < -0.4 is 10.6 Å². The molecule has 1 fully saturated rings. The molecule has 1 aromatic carbocycles. The van der Waals surface area contributed by atoms with E-state index in [9.17, 15) is 9.00 Å². The molecular formula is C16H19N3O2S2. The lowest BCUT2D eigenvalue weighted by atomic mass is 10.2. The summed E-state index contributed by atoms with van der Waals surface area (Å²) in [6, 6.07) is 6.80. The van der Waals surface area contributed by atoms with E-state index in [0.29, 0.717) is 16.5 Å². The van der Waals surface area contributed by atoms with Gasteiger partial charge in [-0.25, -0.2) is 9.78 Å². The zero-order chi connectivity index (χ0) is 16.4. The average molecular weight is 349 g/mol. The minimum Gasteiger partial charge on any atom is -0.328 e. The molecule has 7 heteroatoms. The highest BCUT2D eigenvalue weighted by Gasteiger charge is 2.35. The van der Waals surface area contributed by atoms with Crippen molar-refractivity contribution in [3.63, 3.8) is 0 Å². The van der Waals surface area contributed by atoms with Crippen LogP contribution in [0.15, 0.2) is 34.5 Å². The van der Waals surface area contributed by atoms with E-state index in [0.717, 1.165) is 23.5 Å². The summed E-state index contributed by atoms with van der Waals surface area (Å²) in [6.45, 7) is 1.96. The summed E-state index contributed by atoms with van der Waals surface area (Å²) < 4.78 is 11.5. The lowest BCUT2D eigenvalue weighted by molar-refractivity contribution is 0.247. The van der Waals surface area contributed by atoms with Gasteiger partial charge >= 0.3 is 6.03 Å². The molecule has 1 aliphatic carbocycles. The van der Waals surface area contributed by atoms with E-state index in [1.54, 1.807) is 41.9 Å². The van der Waals surface area contributed by atoms with Gasteiger partial charge in [0.2, 0.25) is 0 Å². The monoisotopic (exact) mass is 349 g/mol. The molecule has 2 amide bonds. The Morgan fingerprint density at radius 3 is 2.83 bits per heavy atom. The van der Waals surface area contributed by atoms with Gasteiger partial charge in [0.05, 0.1) is 6.04 Å². The van der Waals surface area contributed by atoms with Crippen molar-refractivity contribution in [2.75, 3.05) is 11.6 Å². The summed E-state index contributed by atoms with van der Waals surface area (Å²) in [5.41, 5.74) is 1.62. The van der Waals surface area contributed by atoms with Crippen molar-refractivity contribution in [3.05, 3.63) is 40.3 Å². The highest BCUT2D eigenvalue weighted by molar-refractivity contribution is 7.84. The predicted molar refractivity (Wildman–Crippen MR) is 93.2 cm³/mol. The van der Waals surface area contributed by atoms with Crippen LogP contribution in [0.25, 0.3) is 0 Å². The number of aromatic nitrogens is 1. The molecule has 0 bridgehead atoms. The predicted octanol–water partition coefficient (Wildman–Crippen LogP) is 3.46. The average Bonchev–Trinajstić information content (AvgIpc) is 3.26. The molecule has 0 aliphatic heterocycles. The minimum atomic E-state index is -1.07. The molecule has 122 valence electrons. The summed E-state index contributed by atoms with van der Waals surface area (Å²) >= 11 is 1.59. The van der Waals surface area contributed by atoms with E-state index in [4.69, 9.17) is 0 Å². The Kier molecular flexibility index (Phi) is 4.77. The van der Waals surface area contributed by atoms with Crippen LogP contribution in [0.1, 0.15) is 29.6 Å². The molecular weight excluding hydrogens is 330 g/mol. The van der Waals surface area contributed by atoms with E-state index in [1.807, 2.05) is 12.3 Å². The number of nitrogens with one attached hydrogen (secondary N) is 2. The third-order valence-corrected chi connectivity index (χ3v) is 5.67. The van der Waals surface area contributed by atoms with Gasteiger partial charge in [0.15, 0.2) is 0 Å². The number of hydrogen-bond acceptors (Lipinski definition) is 4. The molecule has 0 saturated heterocycles. The largest absolute Gasteiger partial charge is 0.328 e. The van der Waals surface area contributed by atoms with E-state index in [1.165, 1.54) is 0 Å². The molecule has 23 heavy (non-hydrogen) atoms. The Labute approximate surface area is 142 Å². The highest BCUT2D eigenvalue weighted by Crippen LogP contribution is 2.41. The minimum absolute atomic E-state index is 0.0304. The lowest BCUT2D eigenvalue weighted by Gasteiger charge is -2.16. The van der Waals surface area contributed by atoms with E-state index in [2.05, 4.69) is 15.6 Å². The van der Waals surface area contributed by atoms with Crippen LogP contribution in [0.2, 0.25) is 0 Å². The maximum atomic E-state index is 12.3. The number of benzene rings is 1. The first kappa shape index (κ1) is 16.1. The molecule has 3 rings (SSSR count). The number of nitrogens with zero attached hydrogens (tertiary/aromatic N) is 1. The maximum Gasteiger partial charge on any atom is 0.319 e. The number of thiazole rings is 1. The Morgan fingerprint density at radius 2 is 2.22 bits per heavy atom. The summed E-state index contributed by atoms with van der Waals surface area (Å²) in [6.07, 6.45) is 3.86. The zero-order valence-electron chi connectivity index (χ0n) is 13.0. The van der Waals surface area contributed by atoms with Crippen molar-refractivity contribution in [2.24, 2.45) is 5.92 Å². The SMILES string of the molecule is Cc1csc([C@@H](NC(=O)Nc2cccc([S@@](C)=O)c2)C2CC2)n1. The van der Waals surface area contributed by atoms with Crippen molar-refractivity contribution in [1.82, 2.24) is 10.3 Å². The van der Waals surface area contributed by atoms with Crippen LogP contribution in [0.3, 0.4) is 0 Å². The Bertz CT molecular complexity index is 740. The number of carbonyl (C=O) groups excluding carboxylic acids is 1. The maximum absolute atomic E-state index is 12.3. The van der Waals surface area contributed by atoms with Crippen molar-refractivity contribution in [1.29, 1.82) is 0 Å². The number of carbonyl (C=O) groups is 1. The first-order valence-electron chi connectivity index (χ1n) is 7.46. The molecule has 0 unspecified atom stereocenters. The second-order valence-electron chi connectivity index (χ2n) is 5.72. The molecule has 1 aromatic heterocycles. The van der Waals surface area contributed by atoms with Crippen molar-refractivity contribution in [3.8, 4) is 0 Å². The topological polar surface area (TPSA) is 71.1 Å². The van der Waals surface area contributed by atoms with Gasteiger partial charge in [-0.1, -0.05) is 6.07 Å². The molecule has 1 aliphatic rings. The molecule has 0 spiro atoms. The summed E-state index contributed by atoms with van der Waals surface area (Å²) in [5, 5.41) is 8.81. The Morgan fingerprint density at radius 1 is 1.43 bits per heavy atom. The Hall–Kier alpha value is -1.73. The fraction of sp³-hybridized carbons (Fsp3) is 0.375. The third kappa shape index (κ3) is 4.17. The number of hydrogen-bond donors (Lipinski definition) is 2. The van der Waals surface area contributed by atoms with Crippen molar-refractivity contribution >= 4 is 33.9 Å². The van der Waals surface area contributed by atoms with Crippen LogP contribution in [0.5, 0.6) is 0 Å². The number of amides is 2. The number of anilines is 1. The Balaban J connectivity index is 1.68. The van der Waals surface area contributed by atoms with Gasteiger partial charge in [-0.05, 0) is 43.9 Å². The van der Waals surface area contributed by atoms with Gasteiger partial charge in [0.1, 0.15) is 5.01 Å². The van der Waals surface area contributed by atoms with Gasteiger partial charge in [-0.2, -0.15) is 0 Å². The van der Waals surface area contributed by atoms with Gasteiger partial charge in [0.25, 0.3) is 0 Å². The van der Waals surface area contributed by atoms with Gasteiger partial charge < -0.3 is 10.6 Å². The van der Waals surface area contributed by atoms with Crippen LogP contribution in [0, 0.1) is 12.8 Å². The zero-order valence-corrected chi connectivity index (χ0v) is 14.7. The smallest absolute Gasteiger partial charge is 0.319 e. The second kappa shape index (κ2) is 6.80. The third-order valence-electron chi connectivity index (χ3n) is 3.71. The lowest BCUT2D eigenvalue weighted by Crippen LogP contribution is -2.33. The molecule has 0 radical (unpaired) electrons. The first-order chi connectivity index (χ1) is 11.0. The fourth-order valence-electron chi connectivity index (χ4n) is 2.39. The van der Waals surface area contributed by atoms with Crippen LogP contribution in [-0.4, -0.2) is 21.5 Å². The quantitative estimate of drug-likeness (QED) is 0.868. The van der Waals surface area contributed by atoms with Gasteiger partial charge in [0, 0.05) is 38.7 Å².